The van der Waals surface area contributed by atoms with Crippen LogP contribution in [0.3, 0.4) is 0 Å². The van der Waals surface area contributed by atoms with E-state index in [2.05, 4.69) is 39.5 Å². The van der Waals surface area contributed by atoms with Gasteiger partial charge < -0.3 is 4.74 Å². The molecule has 0 bridgehead atoms. The van der Waals surface area contributed by atoms with Crippen LogP contribution >= 0.6 is 0 Å². The first-order valence-electron chi connectivity index (χ1n) is 7.76. The SMILES string of the molecule is C=CC(=CC=C(C)CCOC1CCC(C)CC1)CC. The second-order valence-corrected chi connectivity index (χ2v) is 5.81. The molecule has 1 saturated carbocycles. The van der Waals surface area contributed by atoms with Crippen molar-refractivity contribution < 1.29 is 4.74 Å². The quantitative estimate of drug-likeness (QED) is 0.555. The number of rotatable bonds is 7. The maximum Gasteiger partial charge on any atom is 0.0575 e. The van der Waals surface area contributed by atoms with E-state index in [1.807, 2.05) is 6.08 Å². The first-order chi connectivity index (χ1) is 9.15. The Kier molecular flexibility index (Phi) is 7.81. The molecule has 19 heavy (non-hydrogen) atoms. The molecule has 0 atom stereocenters. The molecule has 0 aromatic heterocycles. The van der Waals surface area contributed by atoms with E-state index in [0.29, 0.717) is 6.10 Å². The van der Waals surface area contributed by atoms with Crippen LogP contribution in [0.5, 0.6) is 0 Å². The van der Waals surface area contributed by atoms with Gasteiger partial charge in [-0.25, -0.2) is 0 Å². The van der Waals surface area contributed by atoms with Gasteiger partial charge in [0.25, 0.3) is 0 Å². The Morgan fingerprint density at radius 1 is 1.21 bits per heavy atom. The predicted octanol–water partition coefficient (Wildman–Crippen LogP) is 5.44. The lowest BCUT2D eigenvalue weighted by Gasteiger charge is -2.26. The van der Waals surface area contributed by atoms with E-state index in [1.54, 1.807) is 0 Å². The van der Waals surface area contributed by atoms with E-state index in [9.17, 15) is 0 Å². The molecule has 1 rings (SSSR count). The Bertz CT molecular complexity index is 317. The van der Waals surface area contributed by atoms with Crippen molar-refractivity contribution in [2.24, 2.45) is 5.92 Å². The summed E-state index contributed by atoms with van der Waals surface area (Å²) in [6.45, 7) is 11.4. The highest BCUT2D eigenvalue weighted by Gasteiger charge is 2.18. The monoisotopic (exact) mass is 262 g/mol. The highest BCUT2D eigenvalue weighted by molar-refractivity contribution is 5.23. The van der Waals surface area contributed by atoms with E-state index in [-0.39, 0.29) is 0 Å². The molecular formula is C18H30O. The molecule has 0 aliphatic heterocycles. The molecule has 0 amide bonds. The summed E-state index contributed by atoms with van der Waals surface area (Å²) in [4.78, 5) is 0. The zero-order valence-electron chi connectivity index (χ0n) is 13.0. The highest BCUT2D eigenvalue weighted by atomic mass is 16.5. The fourth-order valence-corrected chi connectivity index (χ4v) is 2.45. The Hall–Kier alpha value is -0.820. The lowest BCUT2D eigenvalue weighted by molar-refractivity contribution is 0.0216. The lowest BCUT2D eigenvalue weighted by atomic mass is 9.89. The molecule has 0 radical (unpaired) electrons. The normalized spacial score (nSPS) is 25.4. The summed E-state index contributed by atoms with van der Waals surface area (Å²) < 4.78 is 5.98. The van der Waals surface area contributed by atoms with Crippen molar-refractivity contribution in [2.45, 2.75) is 65.4 Å². The van der Waals surface area contributed by atoms with Crippen molar-refractivity contribution in [2.75, 3.05) is 6.61 Å². The number of ether oxygens (including phenoxy) is 1. The molecule has 1 heteroatoms. The molecule has 0 heterocycles. The largest absolute Gasteiger partial charge is 0.378 e. The minimum Gasteiger partial charge on any atom is -0.378 e. The van der Waals surface area contributed by atoms with Gasteiger partial charge in [-0.2, -0.15) is 0 Å². The van der Waals surface area contributed by atoms with Crippen molar-refractivity contribution in [1.29, 1.82) is 0 Å². The average Bonchev–Trinajstić information content (AvgIpc) is 2.42. The van der Waals surface area contributed by atoms with Crippen molar-refractivity contribution in [3.63, 3.8) is 0 Å². The van der Waals surface area contributed by atoms with Gasteiger partial charge in [0.05, 0.1) is 12.7 Å². The molecule has 0 N–H and O–H groups in total. The molecule has 0 spiro atoms. The number of allylic oxidation sites excluding steroid dienone is 4. The lowest BCUT2D eigenvalue weighted by Crippen LogP contribution is -2.20. The Morgan fingerprint density at radius 3 is 2.47 bits per heavy atom. The summed E-state index contributed by atoms with van der Waals surface area (Å²) in [5.74, 6) is 0.901. The van der Waals surface area contributed by atoms with Crippen LogP contribution in [0.2, 0.25) is 0 Å². The molecule has 0 saturated heterocycles. The second kappa shape index (κ2) is 9.14. The van der Waals surface area contributed by atoms with Gasteiger partial charge in [-0.05, 0) is 56.9 Å². The van der Waals surface area contributed by atoms with Crippen molar-refractivity contribution in [3.05, 3.63) is 36.0 Å². The second-order valence-electron chi connectivity index (χ2n) is 5.81. The predicted molar refractivity (Wildman–Crippen MR) is 84.3 cm³/mol. The Balaban J connectivity index is 2.23. The molecule has 0 unspecified atom stereocenters. The fourth-order valence-electron chi connectivity index (χ4n) is 2.45. The van der Waals surface area contributed by atoms with Gasteiger partial charge in [0.1, 0.15) is 0 Å². The van der Waals surface area contributed by atoms with E-state index in [4.69, 9.17) is 4.74 Å². The smallest absolute Gasteiger partial charge is 0.0575 e. The fraction of sp³-hybridized carbons (Fsp3) is 0.667. The zero-order valence-corrected chi connectivity index (χ0v) is 13.0. The van der Waals surface area contributed by atoms with E-state index in [1.165, 1.54) is 36.8 Å². The van der Waals surface area contributed by atoms with Crippen LogP contribution in [-0.4, -0.2) is 12.7 Å². The molecule has 108 valence electrons. The van der Waals surface area contributed by atoms with Crippen LogP contribution in [0.25, 0.3) is 0 Å². The van der Waals surface area contributed by atoms with Crippen molar-refractivity contribution in [1.82, 2.24) is 0 Å². The number of hydrogen-bond donors (Lipinski definition) is 0. The first-order valence-corrected chi connectivity index (χ1v) is 7.76. The zero-order chi connectivity index (χ0) is 14.1. The Morgan fingerprint density at radius 2 is 1.89 bits per heavy atom. The molecule has 1 aliphatic carbocycles. The maximum atomic E-state index is 5.98. The summed E-state index contributed by atoms with van der Waals surface area (Å²) in [6, 6.07) is 0. The van der Waals surface area contributed by atoms with Gasteiger partial charge in [0.2, 0.25) is 0 Å². The third-order valence-electron chi connectivity index (χ3n) is 4.07. The van der Waals surface area contributed by atoms with Gasteiger partial charge >= 0.3 is 0 Å². The third kappa shape index (κ3) is 6.77. The first kappa shape index (κ1) is 16.2. The van der Waals surface area contributed by atoms with Crippen LogP contribution in [0.4, 0.5) is 0 Å². The van der Waals surface area contributed by atoms with Crippen LogP contribution in [0, 0.1) is 5.92 Å². The van der Waals surface area contributed by atoms with E-state index < -0.39 is 0 Å². The van der Waals surface area contributed by atoms with Crippen molar-refractivity contribution >= 4 is 0 Å². The van der Waals surface area contributed by atoms with Crippen LogP contribution in [0.15, 0.2) is 36.0 Å². The maximum absolute atomic E-state index is 5.98. The number of hydrogen-bond acceptors (Lipinski definition) is 1. The van der Waals surface area contributed by atoms with Gasteiger partial charge in [-0.15, -0.1) is 0 Å². The highest BCUT2D eigenvalue weighted by Crippen LogP contribution is 2.25. The summed E-state index contributed by atoms with van der Waals surface area (Å²) in [5.41, 5.74) is 2.68. The van der Waals surface area contributed by atoms with Crippen molar-refractivity contribution in [3.8, 4) is 0 Å². The summed E-state index contributed by atoms with van der Waals surface area (Å²) >= 11 is 0. The summed E-state index contributed by atoms with van der Waals surface area (Å²) in [6.07, 6.45) is 14.1. The topological polar surface area (TPSA) is 9.23 Å². The third-order valence-corrected chi connectivity index (χ3v) is 4.07. The van der Waals surface area contributed by atoms with Gasteiger partial charge in [0, 0.05) is 0 Å². The molecule has 0 aromatic carbocycles. The van der Waals surface area contributed by atoms with Crippen LogP contribution < -0.4 is 0 Å². The molecule has 1 aliphatic rings. The minimum atomic E-state index is 0.513. The average molecular weight is 262 g/mol. The standard InChI is InChI=1S/C18H30O/c1-5-17(6-2)10-7-16(4)13-14-19-18-11-8-15(3)9-12-18/h5,7,10,15,18H,1,6,8-9,11-14H2,2-4H3. The summed E-state index contributed by atoms with van der Waals surface area (Å²) in [5, 5.41) is 0. The van der Waals surface area contributed by atoms with Crippen LogP contribution in [0.1, 0.15) is 59.3 Å². The summed E-state index contributed by atoms with van der Waals surface area (Å²) in [7, 11) is 0. The molecule has 1 fully saturated rings. The van der Waals surface area contributed by atoms with Gasteiger partial charge in [-0.3, -0.25) is 0 Å². The Labute approximate surface area is 119 Å². The van der Waals surface area contributed by atoms with Gasteiger partial charge in [-0.1, -0.05) is 44.2 Å². The van der Waals surface area contributed by atoms with E-state index >= 15 is 0 Å². The van der Waals surface area contributed by atoms with Gasteiger partial charge in [0.15, 0.2) is 0 Å². The molecular weight excluding hydrogens is 232 g/mol. The van der Waals surface area contributed by atoms with E-state index in [0.717, 1.165) is 25.4 Å². The molecule has 0 aromatic rings. The van der Waals surface area contributed by atoms with Crippen LogP contribution in [-0.2, 0) is 4.74 Å². The molecule has 1 nitrogen and oxygen atoms in total. The minimum absolute atomic E-state index is 0.513.